The molecule has 7 heteroatoms. The number of carbonyl (C=O) groups is 2. The molecule has 4 N–H and O–H groups in total. The monoisotopic (exact) mass is 338 g/mol. The Morgan fingerprint density at radius 3 is 2.85 bits per heavy atom. The first-order valence-corrected chi connectivity index (χ1v) is 7.22. The highest BCUT2D eigenvalue weighted by Gasteiger charge is 2.31. The SMILES string of the molecule is CC1C(=O)NCCN1c1cc2c(cc1Br)C(N)C(=O)N2. The Labute approximate surface area is 124 Å². The van der Waals surface area contributed by atoms with E-state index in [4.69, 9.17) is 5.73 Å². The standard InChI is InChI=1S/C13H15BrN4O2/c1-6-12(19)16-2-3-18(6)10-5-9-7(4-8(10)14)11(15)13(20)17-9/h4-6,11H,2-3,15H2,1H3,(H,16,19)(H,17,20). The van der Waals surface area contributed by atoms with E-state index in [0.29, 0.717) is 6.54 Å². The Balaban J connectivity index is 2.01. The molecular weight excluding hydrogens is 324 g/mol. The molecule has 2 aliphatic heterocycles. The van der Waals surface area contributed by atoms with Gasteiger partial charge in [-0.1, -0.05) is 0 Å². The van der Waals surface area contributed by atoms with Crippen LogP contribution in [0.3, 0.4) is 0 Å². The highest BCUT2D eigenvalue weighted by atomic mass is 79.9. The molecule has 1 saturated heterocycles. The number of hydrogen-bond donors (Lipinski definition) is 3. The number of amides is 2. The molecule has 2 amide bonds. The van der Waals surface area contributed by atoms with E-state index >= 15 is 0 Å². The molecule has 1 fully saturated rings. The highest BCUT2D eigenvalue weighted by Crippen LogP contribution is 2.39. The second-order valence-corrected chi connectivity index (χ2v) is 5.87. The molecule has 0 aliphatic carbocycles. The molecule has 0 bridgehead atoms. The summed E-state index contributed by atoms with van der Waals surface area (Å²) in [5.41, 5.74) is 8.21. The Hall–Kier alpha value is -1.60. The van der Waals surface area contributed by atoms with Gasteiger partial charge in [0.1, 0.15) is 12.1 Å². The largest absolute Gasteiger partial charge is 0.357 e. The van der Waals surface area contributed by atoms with Crippen LogP contribution in [0.1, 0.15) is 18.5 Å². The number of benzene rings is 1. The van der Waals surface area contributed by atoms with Crippen molar-refractivity contribution >= 4 is 39.1 Å². The maximum atomic E-state index is 11.8. The van der Waals surface area contributed by atoms with Gasteiger partial charge in [0.05, 0.1) is 5.69 Å². The van der Waals surface area contributed by atoms with E-state index in [0.717, 1.165) is 28.0 Å². The quantitative estimate of drug-likeness (QED) is 0.704. The van der Waals surface area contributed by atoms with Gasteiger partial charge in [-0.2, -0.15) is 0 Å². The molecule has 3 rings (SSSR count). The fourth-order valence-corrected chi connectivity index (χ4v) is 3.21. The number of fused-ring (bicyclic) bond motifs is 1. The summed E-state index contributed by atoms with van der Waals surface area (Å²) in [7, 11) is 0. The molecule has 2 aliphatic rings. The van der Waals surface area contributed by atoms with E-state index in [9.17, 15) is 9.59 Å². The van der Waals surface area contributed by atoms with Crippen LogP contribution in [0.5, 0.6) is 0 Å². The molecule has 1 aromatic carbocycles. The van der Waals surface area contributed by atoms with Crippen LogP contribution in [-0.4, -0.2) is 30.9 Å². The van der Waals surface area contributed by atoms with Gasteiger partial charge < -0.3 is 21.3 Å². The normalized spacial score (nSPS) is 25.2. The van der Waals surface area contributed by atoms with Gasteiger partial charge in [-0.15, -0.1) is 0 Å². The third kappa shape index (κ3) is 1.97. The average Bonchev–Trinajstić information content (AvgIpc) is 2.68. The van der Waals surface area contributed by atoms with Crippen molar-refractivity contribution in [3.8, 4) is 0 Å². The Morgan fingerprint density at radius 2 is 2.10 bits per heavy atom. The summed E-state index contributed by atoms with van der Waals surface area (Å²) < 4.78 is 0.838. The zero-order valence-corrected chi connectivity index (χ0v) is 12.5. The van der Waals surface area contributed by atoms with E-state index in [1.54, 1.807) is 0 Å². The number of nitrogens with one attached hydrogen (secondary N) is 2. The first-order valence-electron chi connectivity index (χ1n) is 6.43. The van der Waals surface area contributed by atoms with Crippen molar-refractivity contribution in [1.29, 1.82) is 0 Å². The van der Waals surface area contributed by atoms with E-state index < -0.39 is 6.04 Å². The van der Waals surface area contributed by atoms with Crippen LogP contribution < -0.4 is 21.3 Å². The van der Waals surface area contributed by atoms with Crippen LogP contribution >= 0.6 is 15.9 Å². The molecule has 2 atom stereocenters. The predicted molar refractivity (Wildman–Crippen MR) is 79.5 cm³/mol. The minimum absolute atomic E-state index is 0.00406. The van der Waals surface area contributed by atoms with Crippen LogP contribution in [0, 0.1) is 0 Å². The van der Waals surface area contributed by atoms with E-state index in [1.165, 1.54) is 0 Å². The molecular formula is C13H15BrN4O2. The van der Waals surface area contributed by atoms with Gasteiger partial charge in [-0.05, 0) is 35.0 Å². The molecule has 0 radical (unpaired) electrons. The summed E-state index contributed by atoms with van der Waals surface area (Å²) in [4.78, 5) is 25.4. The van der Waals surface area contributed by atoms with Crippen LogP contribution in [0.4, 0.5) is 11.4 Å². The molecule has 2 heterocycles. The Bertz CT molecular complexity index is 604. The molecule has 106 valence electrons. The second kappa shape index (κ2) is 4.75. The lowest BCUT2D eigenvalue weighted by atomic mass is 10.1. The molecule has 20 heavy (non-hydrogen) atoms. The van der Waals surface area contributed by atoms with Gasteiger partial charge in [0.25, 0.3) is 0 Å². The molecule has 0 saturated carbocycles. The van der Waals surface area contributed by atoms with Crippen molar-refractivity contribution in [2.45, 2.75) is 19.0 Å². The van der Waals surface area contributed by atoms with Crippen molar-refractivity contribution in [2.24, 2.45) is 5.73 Å². The van der Waals surface area contributed by atoms with E-state index in [-0.39, 0.29) is 17.9 Å². The van der Waals surface area contributed by atoms with Crippen LogP contribution in [0.15, 0.2) is 16.6 Å². The zero-order chi connectivity index (χ0) is 14.4. The predicted octanol–water partition coefficient (Wildman–Crippen LogP) is 0.726. The van der Waals surface area contributed by atoms with Crippen molar-refractivity contribution < 1.29 is 9.59 Å². The number of anilines is 2. The van der Waals surface area contributed by atoms with Crippen LogP contribution in [-0.2, 0) is 9.59 Å². The topological polar surface area (TPSA) is 87.5 Å². The summed E-state index contributed by atoms with van der Waals surface area (Å²) in [6, 6.07) is 2.85. The summed E-state index contributed by atoms with van der Waals surface area (Å²) in [5, 5.41) is 5.60. The number of hydrogen-bond acceptors (Lipinski definition) is 4. The van der Waals surface area contributed by atoms with Crippen molar-refractivity contribution in [1.82, 2.24) is 5.32 Å². The summed E-state index contributed by atoms with van der Waals surface area (Å²) in [6.07, 6.45) is 0. The van der Waals surface area contributed by atoms with Crippen molar-refractivity contribution in [3.05, 3.63) is 22.2 Å². The van der Waals surface area contributed by atoms with E-state index in [2.05, 4.69) is 26.6 Å². The van der Waals surface area contributed by atoms with Gasteiger partial charge in [0.2, 0.25) is 11.8 Å². The number of nitrogens with two attached hydrogens (primary N) is 1. The van der Waals surface area contributed by atoms with Crippen molar-refractivity contribution in [3.63, 3.8) is 0 Å². The fourth-order valence-electron chi connectivity index (χ4n) is 2.63. The first kappa shape index (κ1) is 13.4. The molecule has 0 spiro atoms. The van der Waals surface area contributed by atoms with Crippen molar-refractivity contribution in [2.75, 3.05) is 23.3 Å². The lowest BCUT2D eigenvalue weighted by Gasteiger charge is -2.35. The third-order valence-electron chi connectivity index (χ3n) is 3.80. The summed E-state index contributed by atoms with van der Waals surface area (Å²) in [5.74, 6) is -0.196. The Kier molecular flexibility index (Phi) is 3.18. The smallest absolute Gasteiger partial charge is 0.245 e. The van der Waals surface area contributed by atoms with Gasteiger partial charge in [0, 0.05) is 28.8 Å². The summed E-state index contributed by atoms with van der Waals surface area (Å²) >= 11 is 3.51. The number of rotatable bonds is 1. The molecule has 1 aromatic rings. The maximum absolute atomic E-state index is 11.8. The number of piperazine rings is 1. The number of nitrogens with zero attached hydrogens (tertiary/aromatic N) is 1. The molecule has 6 nitrogen and oxygen atoms in total. The fraction of sp³-hybridized carbons (Fsp3) is 0.385. The van der Waals surface area contributed by atoms with Gasteiger partial charge >= 0.3 is 0 Å². The average molecular weight is 339 g/mol. The second-order valence-electron chi connectivity index (χ2n) is 5.02. The minimum Gasteiger partial charge on any atom is -0.357 e. The van der Waals surface area contributed by atoms with Crippen LogP contribution in [0.2, 0.25) is 0 Å². The molecule has 0 aromatic heterocycles. The van der Waals surface area contributed by atoms with Gasteiger partial charge in [-0.3, -0.25) is 9.59 Å². The van der Waals surface area contributed by atoms with E-state index in [1.807, 2.05) is 24.0 Å². The lowest BCUT2D eigenvalue weighted by molar-refractivity contribution is -0.123. The first-order chi connectivity index (χ1) is 9.49. The maximum Gasteiger partial charge on any atom is 0.245 e. The Morgan fingerprint density at radius 1 is 1.35 bits per heavy atom. The number of carbonyl (C=O) groups excluding carboxylic acids is 2. The van der Waals surface area contributed by atoms with Crippen LogP contribution in [0.25, 0.3) is 0 Å². The number of halogens is 1. The summed E-state index contributed by atoms with van der Waals surface area (Å²) in [6.45, 7) is 3.20. The van der Waals surface area contributed by atoms with Gasteiger partial charge in [0.15, 0.2) is 0 Å². The highest BCUT2D eigenvalue weighted by molar-refractivity contribution is 9.10. The third-order valence-corrected chi connectivity index (χ3v) is 4.44. The minimum atomic E-state index is -0.627. The molecule has 2 unspecified atom stereocenters. The lowest BCUT2D eigenvalue weighted by Crippen LogP contribution is -2.54. The van der Waals surface area contributed by atoms with Gasteiger partial charge in [-0.25, -0.2) is 0 Å². The zero-order valence-electron chi connectivity index (χ0n) is 10.9.